The largest absolute Gasteiger partial charge is 0.406 e. The predicted octanol–water partition coefficient (Wildman–Crippen LogP) is 8.63. The zero-order valence-electron chi connectivity index (χ0n) is 34.8. The maximum Gasteiger partial charge on any atom is 0.147 e. The van der Waals surface area contributed by atoms with Gasteiger partial charge in [-0.15, -0.1) is 12.8 Å². The molecule has 0 spiro atoms. The lowest BCUT2D eigenvalue weighted by atomic mass is 10.1. The Labute approximate surface area is 379 Å². The molecule has 0 N–H and O–H groups in total. The molecule has 0 bridgehead atoms. The van der Waals surface area contributed by atoms with Gasteiger partial charge in [-0.3, -0.25) is 0 Å². The quantitative estimate of drug-likeness (QED) is 0.0907. The first-order valence-electron chi connectivity index (χ1n) is 20.2. The second-order valence-corrected chi connectivity index (χ2v) is 20.9. The third-order valence-corrected chi connectivity index (χ3v) is 19.0. The normalized spacial score (nSPS) is 9.84. The molecule has 0 heterocycles. The van der Waals surface area contributed by atoms with Gasteiger partial charge in [-0.2, -0.15) is 0 Å². The van der Waals surface area contributed by atoms with E-state index < -0.39 is 14.5 Å². The number of benzene rings is 7. The highest BCUT2D eigenvalue weighted by Crippen LogP contribution is 2.62. The van der Waals surface area contributed by atoms with Crippen LogP contribution in [0.3, 0.4) is 0 Å². The molecule has 4 heteroatoms. The van der Waals surface area contributed by atoms with Crippen molar-refractivity contribution in [1.29, 1.82) is 0 Å². The monoisotopic (exact) mass is 852 g/mol. The Hall–Kier alpha value is -8.52. The van der Waals surface area contributed by atoms with E-state index in [2.05, 4.69) is 277 Å². The van der Waals surface area contributed by atoms with Crippen LogP contribution < -0.4 is 41.3 Å². The molecule has 7 aromatic carbocycles. The molecule has 0 atom stereocenters. The lowest BCUT2D eigenvalue weighted by molar-refractivity contribution is 0.497. The van der Waals surface area contributed by atoms with E-state index in [9.17, 15) is 0 Å². The van der Waals surface area contributed by atoms with Crippen molar-refractivity contribution in [2.24, 2.45) is 0 Å². The summed E-state index contributed by atoms with van der Waals surface area (Å²) >= 11 is 0. The first-order chi connectivity index (χ1) is 31.7. The van der Waals surface area contributed by atoms with Crippen molar-refractivity contribution in [1.82, 2.24) is 0 Å². The molecule has 0 aliphatic rings. The van der Waals surface area contributed by atoms with E-state index >= 15 is 0 Å². The van der Waals surface area contributed by atoms with Gasteiger partial charge in [-0.1, -0.05) is 109 Å². The molecule has 0 aromatic heterocycles. The fourth-order valence-corrected chi connectivity index (χ4v) is 16.1. The molecule has 0 radical (unpaired) electrons. The predicted molar refractivity (Wildman–Crippen MR) is 270 cm³/mol. The van der Waals surface area contributed by atoms with Gasteiger partial charge in [0.15, 0.2) is 0 Å². The Morgan fingerprint density at radius 1 is 0.312 bits per heavy atom. The van der Waals surface area contributed by atoms with Crippen LogP contribution in [0, 0.1) is 96.1 Å². The van der Waals surface area contributed by atoms with Gasteiger partial charge >= 0.3 is 0 Å². The molecule has 0 unspecified atom stereocenters. The molecular weight excluding hydrogens is 815 g/mol. The summed E-state index contributed by atoms with van der Waals surface area (Å²) in [7, 11) is -4.92. The van der Waals surface area contributed by atoms with Crippen LogP contribution in [0.2, 0.25) is 0 Å². The fraction of sp³-hybridized carbons (Fsp3) is 0.0333. The van der Waals surface area contributed by atoms with Crippen LogP contribution in [-0.2, 0) is 12.3 Å². The summed E-state index contributed by atoms with van der Waals surface area (Å²) < 4.78 is 13.1. The second kappa shape index (κ2) is 22.4. The van der Waals surface area contributed by atoms with Crippen LogP contribution in [0.4, 0.5) is 0 Å². The molecule has 64 heavy (non-hydrogen) atoms. The summed E-state index contributed by atoms with van der Waals surface area (Å²) in [4.78, 5) is 0. The molecule has 0 fully saturated rings. The number of hydrogen-bond acceptors (Lipinski definition) is 2. The van der Waals surface area contributed by atoms with E-state index in [0.29, 0.717) is 23.8 Å². The zero-order chi connectivity index (χ0) is 44.1. The third kappa shape index (κ3) is 10.3. The summed E-state index contributed by atoms with van der Waals surface area (Å²) in [6.45, 7) is 0. The van der Waals surface area contributed by atoms with Crippen LogP contribution in [-0.4, -0.2) is 0 Å². The molecule has 0 amide bonds. The zero-order valence-corrected chi connectivity index (χ0v) is 36.5. The Bertz CT molecular complexity index is 2780. The van der Waals surface area contributed by atoms with Crippen molar-refractivity contribution in [2.75, 3.05) is 0 Å². The van der Waals surface area contributed by atoms with Crippen molar-refractivity contribution in [3.8, 4) is 108 Å². The van der Waals surface area contributed by atoms with Crippen molar-refractivity contribution in [2.45, 2.75) is 12.3 Å². The molecule has 0 aliphatic carbocycles. The molecule has 0 saturated carbocycles. The third-order valence-electron chi connectivity index (χ3n) is 10.3. The molecule has 7 rings (SSSR count). The molecule has 0 saturated heterocycles. The van der Waals surface area contributed by atoms with Gasteiger partial charge in [0, 0.05) is 46.6 Å². The number of hydrogen-bond donors (Lipinski definition) is 0. The van der Waals surface area contributed by atoms with Crippen LogP contribution in [0.1, 0.15) is 11.1 Å². The lowest BCUT2D eigenvalue weighted by Crippen LogP contribution is -2.33. The second-order valence-electron chi connectivity index (χ2n) is 14.0. The first kappa shape index (κ1) is 43.6. The SMILES string of the molecule is C#CC#CC#CC#COc1cc(C[P+](c2ccccc2)(c2ccccc2)c2ccccc2)c(OC#CC#CC#CC#C)cc1C[P+](c1ccccc1)(c1ccccc1)c1ccccc1. The average molecular weight is 853 g/mol. The fourth-order valence-electron chi connectivity index (χ4n) is 7.60. The van der Waals surface area contributed by atoms with Crippen molar-refractivity contribution in [3.63, 3.8) is 0 Å². The highest BCUT2D eigenvalue weighted by atomic mass is 31.2. The van der Waals surface area contributed by atoms with Gasteiger partial charge in [0.05, 0.1) is 0 Å². The number of ether oxygens (including phenoxy) is 2. The van der Waals surface area contributed by atoms with Gasteiger partial charge < -0.3 is 9.47 Å². The van der Waals surface area contributed by atoms with Gasteiger partial charge in [-0.25, -0.2) is 0 Å². The minimum absolute atomic E-state index is 0.559. The number of rotatable bonds is 12. The minimum Gasteiger partial charge on any atom is -0.406 e. The van der Waals surface area contributed by atoms with Gasteiger partial charge in [0.2, 0.25) is 0 Å². The van der Waals surface area contributed by atoms with E-state index in [1.807, 2.05) is 0 Å². The highest BCUT2D eigenvalue weighted by molar-refractivity contribution is 7.95. The Kier molecular flexibility index (Phi) is 15.2. The summed E-state index contributed by atoms with van der Waals surface area (Å²) in [5.41, 5.74) is 1.74. The van der Waals surface area contributed by atoms with E-state index in [-0.39, 0.29) is 0 Å². The highest BCUT2D eigenvalue weighted by Gasteiger charge is 2.48. The van der Waals surface area contributed by atoms with Crippen LogP contribution in [0.5, 0.6) is 11.5 Å². The Morgan fingerprint density at radius 3 is 0.797 bits per heavy atom. The van der Waals surface area contributed by atoms with Crippen molar-refractivity contribution < 1.29 is 9.47 Å². The average Bonchev–Trinajstić information content (AvgIpc) is 3.36. The molecule has 0 aliphatic heterocycles. The van der Waals surface area contributed by atoms with Crippen LogP contribution >= 0.6 is 14.5 Å². The Morgan fingerprint density at radius 2 is 0.547 bits per heavy atom. The molecular formula is C60H38O2P2+2. The molecule has 7 aromatic rings. The van der Waals surface area contributed by atoms with E-state index in [1.54, 1.807) is 0 Å². The topological polar surface area (TPSA) is 18.5 Å². The standard InChI is InChI=1S/C60H38O2P2/c1-3-5-7-9-11-31-45-61-59-47-52(50-64(56-39-25-16-26-40-56,57-41-27-17-28-42-57)58-43-29-18-30-44-58)60(62-46-32-12-10-8-6-4-2)48-51(59)49-63(53-33-19-13-20-34-53,54-35-21-14-22-36-54)55-37-23-15-24-38-55/h1-2,13-30,33-44,47-48H,49-50H2/q+2. The molecule has 2 nitrogen and oxygen atoms in total. The van der Waals surface area contributed by atoms with E-state index in [4.69, 9.17) is 22.3 Å². The van der Waals surface area contributed by atoms with Crippen molar-refractivity contribution >= 4 is 46.4 Å². The van der Waals surface area contributed by atoms with Crippen LogP contribution in [0.15, 0.2) is 194 Å². The summed E-state index contributed by atoms with van der Waals surface area (Å²) in [5, 5.41) is 7.25. The van der Waals surface area contributed by atoms with E-state index in [1.165, 1.54) is 31.8 Å². The maximum atomic E-state index is 6.54. The van der Waals surface area contributed by atoms with Gasteiger partial charge in [0.1, 0.15) is 82.4 Å². The minimum atomic E-state index is -2.46. The Balaban J connectivity index is 1.52. The maximum absolute atomic E-state index is 6.54. The first-order valence-corrected chi connectivity index (χ1v) is 24.1. The van der Waals surface area contributed by atoms with Gasteiger partial charge in [-0.05, 0) is 120 Å². The summed E-state index contributed by atoms with van der Waals surface area (Å²) in [6.07, 6.45) is 17.5. The number of terminal acetylenes is 2. The van der Waals surface area contributed by atoms with Crippen molar-refractivity contribution in [3.05, 3.63) is 205 Å². The van der Waals surface area contributed by atoms with E-state index in [0.717, 1.165) is 11.1 Å². The smallest absolute Gasteiger partial charge is 0.147 e. The summed E-state index contributed by atoms with van der Waals surface area (Å²) in [6, 6.07) is 68.3. The molecule has 298 valence electrons. The summed E-state index contributed by atoms with van der Waals surface area (Å²) in [5.74, 6) is 32.4. The van der Waals surface area contributed by atoms with Gasteiger partial charge in [0.25, 0.3) is 0 Å². The van der Waals surface area contributed by atoms with Crippen LogP contribution in [0.25, 0.3) is 0 Å². The lowest BCUT2D eigenvalue weighted by Gasteiger charge is -2.30.